The van der Waals surface area contributed by atoms with Crippen LogP contribution in [0.15, 0.2) is 18.2 Å². The molecule has 1 aromatic rings. The summed E-state index contributed by atoms with van der Waals surface area (Å²) in [6.07, 6.45) is 0.270. The second-order valence-electron chi connectivity index (χ2n) is 3.42. The summed E-state index contributed by atoms with van der Waals surface area (Å²) in [5.74, 6) is -0.688. The molecular weight excluding hydrogens is 176 g/mol. The molecule has 2 heteroatoms. The van der Waals surface area contributed by atoms with Crippen molar-refractivity contribution in [3.8, 4) is 0 Å². The Morgan fingerprint density at radius 3 is 2.43 bits per heavy atom. The highest BCUT2D eigenvalue weighted by atomic mass is 16.2. The van der Waals surface area contributed by atoms with E-state index in [-0.39, 0.29) is 18.0 Å². The molecule has 74 valence electrons. The average molecular weight is 190 g/mol. The molecule has 0 bridgehead atoms. The fourth-order valence-corrected chi connectivity index (χ4v) is 1.29. The largest absolute Gasteiger partial charge is 0.290 e. The van der Waals surface area contributed by atoms with Gasteiger partial charge in [0.25, 0.3) is 0 Å². The fourth-order valence-electron chi connectivity index (χ4n) is 1.29. The maximum atomic E-state index is 11.6. The number of hydrogen-bond acceptors (Lipinski definition) is 2. The third-order valence-corrected chi connectivity index (χ3v) is 2.21. The lowest BCUT2D eigenvalue weighted by Crippen LogP contribution is -2.14. The van der Waals surface area contributed by atoms with Crippen molar-refractivity contribution in [1.82, 2.24) is 0 Å². The molecule has 0 fully saturated rings. The van der Waals surface area contributed by atoms with Gasteiger partial charge in [-0.2, -0.15) is 0 Å². The van der Waals surface area contributed by atoms with E-state index in [0.717, 1.165) is 11.1 Å². The molecule has 0 aliphatic rings. The zero-order valence-electron chi connectivity index (χ0n) is 8.76. The number of rotatable bonds is 3. The van der Waals surface area contributed by atoms with Crippen molar-refractivity contribution in [3.63, 3.8) is 0 Å². The van der Waals surface area contributed by atoms with E-state index < -0.39 is 0 Å². The summed E-state index contributed by atoms with van der Waals surface area (Å²) in [6.45, 7) is 5.45. The van der Waals surface area contributed by atoms with E-state index >= 15 is 0 Å². The minimum atomic E-state index is -0.367. The van der Waals surface area contributed by atoms with Gasteiger partial charge >= 0.3 is 0 Å². The van der Waals surface area contributed by atoms with Crippen LogP contribution in [0.5, 0.6) is 0 Å². The smallest absolute Gasteiger partial charge is 0.228 e. The monoisotopic (exact) mass is 190 g/mol. The van der Waals surface area contributed by atoms with Crippen LogP contribution in [0.1, 0.15) is 34.8 Å². The second-order valence-corrected chi connectivity index (χ2v) is 3.42. The van der Waals surface area contributed by atoms with Gasteiger partial charge in [-0.3, -0.25) is 9.59 Å². The first-order chi connectivity index (χ1) is 6.56. The number of carbonyl (C=O) groups excluding carboxylic acids is 2. The molecule has 0 N–H and O–H groups in total. The van der Waals surface area contributed by atoms with Crippen LogP contribution in [0.4, 0.5) is 0 Å². The molecule has 14 heavy (non-hydrogen) atoms. The van der Waals surface area contributed by atoms with E-state index in [4.69, 9.17) is 0 Å². The Morgan fingerprint density at radius 2 is 1.86 bits per heavy atom. The number of benzene rings is 1. The van der Waals surface area contributed by atoms with Gasteiger partial charge in [0.1, 0.15) is 0 Å². The Hall–Kier alpha value is -1.44. The van der Waals surface area contributed by atoms with Crippen molar-refractivity contribution in [2.24, 2.45) is 0 Å². The fraction of sp³-hybridized carbons (Fsp3) is 0.333. The van der Waals surface area contributed by atoms with Gasteiger partial charge in [0.05, 0.1) is 0 Å². The highest BCUT2D eigenvalue weighted by Gasteiger charge is 2.15. The average Bonchev–Trinajstić information content (AvgIpc) is 2.19. The summed E-state index contributed by atoms with van der Waals surface area (Å²) in [5, 5.41) is 0. The molecule has 0 heterocycles. The summed E-state index contributed by atoms with van der Waals surface area (Å²) < 4.78 is 0. The van der Waals surface area contributed by atoms with Crippen molar-refractivity contribution >= 4 is 11.6 Å². The number of ketones is 2. The standard InChI is InChI=1S/C12H14O2/c1-4-11(13)12(14)10-7-8(2)5-6-9(10)3/h5-7H,4H2,1-3H3. The molecule has 2 nitrogen and oxygen atoms in total. The maximum absolute atomic E-state index is 11.6. The molecule has 0 atom stereocenters. The Morgan fingerprint density at radius 1 is 1.21 bits per heavy atom. The lowest BCUT2D eigenvalue weighted by Gasteiger charge is -2.04. The van der Waals surface area contributed by atoms with Crippen LogP contribution in [-0.4, -0.2) is 11.6 Å². The van der Waals surface area contributed by atoms with Crippen LogP contribution >= 0.6 is 0 Å². The molecule has 0 amide bonds. The highest BCUT2D eigenvalue weighted by molar-refractivity contribution is 6.43. The molecule has 0 aliphatic carbocycles. The summed E-state index contributed by atoms with van der Waals surface area (Å²) in [7, 11) is 0. The summed E-state index contributed by atoms with van der Waals surface area (Å²) >= 11 is 0. The third kappa shape index (κ3) is 2.08. The lowest BCUT2D eigenvalue weighted by atomic mass is 9.99. The van der Waals surface area contributed by atoms with Gasteiger partial charge in [-0.25, -0.2) is 0 Å². The van der Waals surface area contributed by atoms with E-state index in [1.54, 1.807) is 13.0 Å². The van der Waals surface area contributed by atoms with Gasteiger partial charge in [-0.05, 0) is 25.5 Å². The summed E-state index contributed by atoms with van der Waals surface area (Å²) in [4.78, 5) is 22.8. The van der Waals surface area contributed by atoms with E-state index in [2.05, 4.69) is 0 Å². The van der Waals surface area contributed by atoms with Gasteiger partial charge in [-0.1, -0.05) is 24.6 Å². The van der Waals surface area contributed by atoms with E-state index in [1.807, 2.05) is 26.0 Å². The molecule has 0 aromatic heterocycles. The van der Waals surface area contributed by atoms with Gasteiger partial charge in [0.2, 0.25) is 11.6 Å². The first-order valence-electron chi connectivity index (χ1n) is 4.71. The van der Waals surface area contributed by atoms with E-state index in [9.17, 15) is 9.59 Å². The molecule has 0 saturated heterocycles. The molecule has 1 aromatic carbocycles. The van der Waals surface area contributed by atoms with Gasteiger partial charge < -0.3 is 0 Å². The summed E-state index contributed by atoms with van der Waals surface area (Å²) in [5.41, 5.74) is 2.40. The van der Waals surface area contributed by atoms with Crippen LogP contribution < -0.4 is 0 Å². The minimum absolute atomic E-state index is 0.270. The van der Waals surface area contributed by atoms with Crippen molar-refractivity contribution in [2.45, 2.75) is 27.2 Å². The van der Waals surface area contributed by atoms with Crippen LogP contribution in [0.3, 0.4) is 0 Å². The van der Waals surface area contributed by atoms with E-state index in [0.29, 0.717) is 5.56 Å². The number of aryl methyl sites for hydroxylation is 2. The number of carbonyl (C=O) groups is 2. The second kappa shape index (κ2) is 4.18. The predicted octanol–water partition coefficient (Wildman–Crippen LogP) is 2.47. The predicted molar refractivity (Wildman–Crippen MR) is 55.5 cm³/mol. The topological polar surface area (TPSA) is 34.1 Å². The molecule has 0 aliphatic heterocycles. The third-order valence-electron chi connectivity index (χ3n) is 2.21. The Labute approximate surface area is 83.9 Å². The van der Waals surface area contributed by atoms with Crippen LogP contribution in [0.2, 0.25) is 0 Å². The number of hydrogen-bond donors (Lipinski definition) is 0. The quantitative estimate of drug-likeness (QED) is 0.542. The molecule has 1 rings (SSSR count). The molecule has 0 spiro atoms. The Balaban J connectivity index is 3.12. The van der Waals surface area contributed by atoms with Crippen molar-refractivity contribution in [2.75, 3.05) is 0 Å². The zero-order valence-corrected chi connectivity index (χ0v) is 8.76. The van der Waals surface area contributed by atoms with Gasteiger partial charge in [0, 0.05) is 12.0 Å². The maximum Gasteiger partial charge on any atom is 0.228 e. The Kier molecular flexibility index (Phi) is 3.18. The van der Waals surface area contributed by atoms with Crippen LogP contribution in [-0.2, 0) is 4.79 Å². The normalized spacial score (nSPS) is 9.93. The SMILES string of the molecule is CCC(=O)C(=O)c1cc(C)ccc1C. The van der Waals surface area contributed by atoms with Gasteiger partial charge in [-0.15, -0.1) is 0 Å². The van der Waals surface area contributed by atoms with Gasteiger partial charge in [0.15, 0.2) is 0 Å². The number of Topliss-reactive ketones (excluding diaryl/α,β-unsaturated/α-hetero) is 2. The zero-order chi connectivity index (χ0) is 10.7. The highest BCUT2D eigenvalue weighted by Crippen LogP contribution is 2.12. The minimum Gasteiger partial charge on any atom is -0.290 e. The Bertz CT molecular complexity index is 378. The van der Waals surface area contributed by atoms with Crippen LogP contribution in [0.25, 0.3) is 0 Å². The molecular formula is C12H14O2. The first kappa shape index (κ1) is 10.6. The first-order valence-corrected chi connectivity index (χ1v) is 4.71. The lowest BCUT2D eigenvalue weighted by molar-refractivity contribution is -0.114. The summed E-state index contributed by atoms with van der Waals surface area (Å²) in [6, 6.07) is 5.57. The molecule has 0 saturated carbocycles. The van der Waals surface area contributed by atoms with E-state index in [1.165, 1.54) is 0 Å². The van der Waals surface area contributed by atoms with Crippen molar-refractivity contribution in [1.29, 1.82) is 0 Å². The van der Waals surface area contributed by atoms with Crippen LogP contribution in [0, 0.1) is 13.8 Å². The van der Waals surface area contributed by atoms with Crippen molar-refractivity contribution in [3.05, 3.63) is 34.9 Å². The molecule has 0 unspecified atom stereocenters. The van der Waals surface area contributed by atoms with Crippen molar-refractivity contribution < 1.29 is 9.59 Å². The molecule has 0 radical (unpaired) electrons.